The highest BCUT2D eigenvalue weighted by atomic mass is 35.5. The van der Waals surface area contributed by atoms with E-state index in [1.807, 2.05) is 0 Å². The molecule has 1 aromatic carbocycles. The summed E-state index contributed by atoms with van der Waals surface area (Å²) in [4.78, 5) is 15.9. The maximum absolute atomic E-state index is 12.8. The van der Waals surface area contributed by atoms with Gasteiger partial charge in [0.25, 0.3) is 0 Å². The van der Waals surface area contributed by atoms with E-state index in [-0.39, 0.29) is 30.0 Å². The first-order valence-corrected chi connectivity index (χ1v) is 6.78. The van der Waals surface area contributed by atoms with Crippen molar-refractivity contribution in [3.05, 3.63) is 42.0 Å². The van der Waals surface area contributed by atoms with Crippen LogP contribution in [-0.2, 0) is 11.2 Å². The van der Waals surface area contributed by atoms with Gasteiger partial charge in [0.2, 0.25) is 11.8 Å². The van der Waals surface area contributed by atoms with Crippen molar-refractivity contribution in [2.45, 2.75) is 13.3 Å². The van der Waals surface area contributed by atoms with Gasteiger partial charge < -0.3 is 15.5 Å². The highest BCUT2D eigenvalue weighted by Crippen LogP contribution is 2.18. The average Bonchev–Trinajstić information content (AvgIpc) is 2.95. The molecule has 1 aromatic heterocycles. The Balaban J connectivity index is 0.00000242. The molecule has 0 aliphatic heterocycles. The molecule has 0 radical (unpaired) electrons. The zero-order valence-corrected chi connectivity index (χ0v) is 13.0. The van der Waals surface area contributed by atoms with Gasteiger partial charge >= 0.3 is 0 Å². The van der Waals surface area contributed by atoms with Crippen LogP contribution in [0.15, 0.2) is 34.9 Å². The second kappa shape index (κ2) is 8.51. The maximum atomic E-state index is 12.8. The second-order valence-corrected chi connectivity index (χ2v) is 4.83. The molecular weight excluding hydrogens is 309 g/mol. The third-order valence-corrected chi connectivity index (χ3v) is 3.12. The summed E-state index contributed by atoms with van der Waals surface area (Å²) in [5.41, 5.74) is 6.86. The summed E-state index contributed by atoms with van der Waals surface area (Å²) in [5, 5.41) is 2.79. The van der Waals surface area contributed by atoms with Gasteiger partial charge in [0.1, 0.15) is 12.1 Å². The second-order valence-electron chi connectivity index (χ2n) is 4.83. The van der Waals surface area contributed by atoms with E-state index in [4.69, 9.17) is 10.2 Å². The molecule has 1 heterocycles. The lowest BCUT2D eigenvalue weighted by Crippen LogP contribution is -2.34. The number of halogens is 2. The van der Waals surface area contributed by atoms with Crippen LogP contribution in [-0.4, -0.2) is 24.0 Å². The van der Waals surface area contributed by atoms with Crippen LogP contribution in [0.1, 0.15) is 12.6 Å². The molecule has 1 atom stereocenters. The molecule has 7 heteroatoms. The zero-order chi connectivity index (χ0) is 15.2. The number of rotatable bonds is 6. The third-order valence-electron chi connectivity index (χ3n) is 3.12. The minimum absolute atomic E-state index is 0. The summed E-state index contributed by atoms with van der Waals surface area (Å²) in [6.07, 6.45) is 2.10. The van der Waals surface area contributed by atoms with Crippen LogP contribution in [0.3, 0.4) is 0 Å². The normalized spacial score (nSPS) is 11.6. The molecule has 0 bridgehead atoms. The number of carbonyl (C=O) groups excluding carboxylic acids is 1. The molecule has 1 unspecified atom stereocenters. The van der Waals surface area contributed by atoms with Crippen LogP contribution < -0.4 is 11.1 Å². The highest BCUT2D eigenvalue weighted by Gasteiger charge is 2.11. The molecule has 22 heavy (non-hydrogen) atoms. The standard InChI is InChI=1S/C15H18FN3O2.ClH/c1-10(8-17)14(20)18-7-6-13-9-21-15(19-13)11-2-4-12(16)5-3-11;/h2-5,9-10H,6-8,17H2,1H3,(H,18,20);1H. The van der Waals surface area contributed by atoms with E-state index in [9.17, 15) is 9.18 Å². The summed E-state index contributed by atoms with van der Waals surface area (Å²) < 4.78 is 18.2. The van der Waals surface area contributed by atoms with Gasteiger partial charge in [0.05, 0.1) is 5.69 Å². The van der Waals surface area contributed by atoms with E-state index in [0.29, 0.717) is 31.0 Å². The fraction of sp³-hybridized carbons (Fsp3) is 0.333. The number of oxazole rings is 1. The lowest BCUT2D eigenvalue weighted by atomic mass is 10.1. The van der Waals surface area contributed by atoms with Gasteiger partial charge in [-0.3, -0.25) is 4.79 Å². The van der Waals surface area contributed by atoms with E-state index >= 15 is 0 Å². The lowest BCUT2D eigenvalue weighted by Gasteiger charge is -2.08. The molecule has 5 nitrogen and oxygen atoms in total. The molecule has 0 saturated heterocycles. The van der Waals surface area contributed by atoms with Gasteiger partial charge in [-0.1, -0.05) is 6.92 Å². The average molecular weight is 328 g/mol. The van der Waals surface area contributed by atoms with Gasteiger partial charge in [-0.25, -0.2) is 9.37 Å². The number of amides is 1. The Bertz CT molecular complexity index is 601. The fourth-order valence-corrected chi connectivity index (χ4v) is 1.74. The number of carbonyl (C=O) groups is 1. The SMILES string of the molecule is CC(CN)C(=O)NCCc1coc(-c2ccc(F)cc2)n1.Cl. The number of nitrogens with zero attached hydrogens (tertiary/aromatic N) is 1. The monoisotopic (exact) mass is 327 g/mol. The Labute approximate surface area is 134 Å². The quantitative estimate of drug-likeness (QED) is 0.852. The molecule has 0 fully saturated rings. The van der Waals surface area contributed by atoms with Crippen LogP contribution in [0, 0.1) is 11.7 Å². The van der Waals surface area contributed by atoms with E-state index in [1.54, 1.807) is 19.1 Å². The molecule has 120 valence electrons. The van der Waals surface area contributed by atoms with Crippen LogP contribution in [0.5, 0.6) is 0 Å². The van der Waals surface area contributed by atoms with Crippen molar-refractivity contribution in [3.63, 3.8) is 0 Å². The predicted octanol–water partition coefficient (Wildman–Crippen LogP) is 2.16. The number of nitrogens with two attached hydrogens (primary N) is 1. The molecule has 2 aromatic rings. The molecule has 0 aliphatic rings. The Morgan fingerprint density at radius 1 is 1.41 bits per heavy atom. The van der Waals surface area contributed by atoms with E-state index in [0.717, 1.165) is 5.69 Å². The molecule has 3 N–H and O–H groups in total. The van der Waals surface area contributed by atoms with Gasteiger partial charge in [0.15, 0.2) is 0 Å². The molecule has 0 aliphatic carbocycles. The number of nitrogens with one attached hydrogen (secondary N) is 1. The maximum Gasteiger partial charge on any atom is 0.226 e. The summed E-state index contributed by atoms with van der Waals surface area (Å²) in [5.74, 6) is -0.134. The van der Waals surface area contributed by atoms with E-state index in [2.05, 4.69) is 10.3 Å². The lowest BCUT2D eigenvalue weighted by molar-refractivity contribution is -0.124. The van der Waals surface area contributed by atoms with Gasteiger partial charge in [-0.15, -0.1) is 12.4 Å². The smallest absolute Gasteiger partial charge is 0.226 e. The molecule has 2 rings (SSSR count). The zero-order valence-electron chi connectivity index (χ0n) is 12.2. The number of hydrogen-bond donors (Lipinski definition) is 2. The minimum Gasteiger partial charge on any atom is -0.444 e. The first-order valence-electron chi connectivity index (χ1n) is 6.78. The van der Waals surface area contributed by atoms with Gasteiger partial charge in [-0.2, -0.15) is 0 Å². The van der Waals surface area contributed by atoms with E-state index < -0.39 is 0 Å². The predicted molar refractivity (Wildman–Crippen MR) is 84.1 cm³/mol. The summed E-state index contributed by atoms with van der Waals surface area (Å²) in [6.45, 7) is 2.57. The van der Waals surface area contributed by atoms with Gasteiger partial charge in [-0.05, 0) is 24.3 Å². The highest BCUT2D eigenvalue weighted by molar-refractivity contribution is 5.85. The minimum atomic E-state index is -0.303. The first kappa shape index (κ1) is 18.1. The summed E-state index contributed by atoms with van der Waals surface area (Å²) in [6, 6.07) is 5.92. The van der Waals surface area contributed by atoms with Crippen molar-refractivity contribution < 1.29 is 13.6 Å². The van der Waals surface area contributed by atoms with Crippen LogP contribution in [0.25, 0.3) is 11.5 Å². The van der Waals surface area contributed by atoms with Crippen LogP contribution in [0.2, 0.25) is 0 Å². The van der Waals surface area contributed by atoms with Crippen molar-refractivity contribution >= 4 is 18.3 Å². The third kappa shape index (κ3) is 4.82. The van der Waals surface area contributed by atoms with E-state index in [1.165, 1.54) is 18.4 Å². The fourth-order valence-electron chi connectivity index (χ4n) is 1.74. The summed E-state index contributed by atoms with van der Waals surface area (Å²) >= 11 is 0. The molecule has 1 amide bonds. The Morgan fingerprint density at radius 3 is 2.73 bits per heavy atom. The van der Waals surface area contributed by atoms with Crippen LogP contribution in [0.4, 0.5) is 4.39 Å². The van der Waals surface area contributed by atoms with Crippen LogP contribution >= 0.6 is 12.4 Å². The van der Waals surface area contributed by atoms with Crippen molar-refractivity contribution in [2.24, 2.45) is 11.7 Å². The summed E-state index contributed by atoms with van der Waals surface area (Å²) in [7, 11) is 0. The van der Waals surface area contributed by atoms with Crippen molar-refractivity contribution in [1.29, 1.82) is 0 Å². The van der Waals surface area contributed by atoms with Crippen molar-refractivity contribution in [3.8, 4) is 11.5 Å². The molecular formula is C15H19ClFN3O2. The number of aromatic nitrogens is 1. The van der Waals surface area contributed by atoms with Crippen molar-refractivity contribution in [1.82, 2.24) is 10.3 Å². The number of benzene rings is 1. The molecule has 0 spiro atoms. The molecule has 0 saturated carbocycles. The Kier molecular flexibility index (Phi) is 7.01. The first-order chi connectivity index (χ1) is 10.1. The Morgan fingerprint density at radius 2 is 2.09 bits per heavy atom. The van der Waals surface area contributed by atoms with Crippen molar-refractivity contribution in [2.75, 3.05) is 13.1 Å². The Hall–Kier alpha value is -1.92. The largest absolute Gasteiger partial charge is 0.444 e. The van der Waals surface area contributed by atoms with Gasteiger partial charge in [0, 0.05) is 31.0 Å². The topological polar surface area (TPSA) is 81.2 Å². The number of hydrogen-bond acceptors (Lipinski definition) is 4.